The number of allylic oxidation sites excluding steroid dienone is 2. The van der Waals surface area contributed by atoms with Crippen LogP contribution < -0.4 is 80.9 Å². The maximum atomic E-state index is 11.2. The minimum atomic E-state index is -4.92. The van der Waals surface area contributed by atoms with E-state index >= 15 is 0 Å². The molecule has 1 aliphatic carbocycles. The third kappa shape index (κ3) is 17.5. The third-order valence-electron chi connectivity index (χ3n) is 1.84. The molecule has 14 heteroatoms. The Balaban J connectivity index is -0.000000316. The zero-order valence-electron chi connectivity index (χ0n) is 12.4. The van der Waals surface area contributed by atoms with Crippen LogP contribution in [0, 0.1) is 0 Å². The monoisotopic (exact) mass is 414 g/mol. The van der Waals surface area contributed by atoms with Gasteiger partial charge < -0.3 is 9.11 Å². The fraction of sp³-hybridized carbons (Fsp3) is 0. The second-order valence-electron chi connectivity index (χ2n) is 3.46. The number of carbonyl (C=O) groups excluding carboxylic acids is 2. The van der Waals surface area contributed by atoms with Crippen molar-refractivity contribution in [1.82, 2.24) is 0 Å². The van der Waals surface area contributed by atoms with Crippen LogP contribution >= 0.6 is 0 Å². The standard InChI is InChI=1S/C10H6O2.K.Na.2H2O4S/c11-9-5-6-10(12)8-4-2-1-3-7(8)9;;;2*1-5(2,3)4/h1-6H;;;2*(H2,1,2,3,4)/q;2*+1;;/p-2. The van der Waals surface area contributed by atoms with Crippen molar-refractivity contribution in [2.75, 3.05) is 0 Å². The Morgan fingerprint density at radius 3 is 1.17 bits per heavy atom. The van der Waals surface area contributed by atoms with E-state index in [4.69, 9.17) is 35.0 Å². The molecule has 0 aromatic heterocycles. The van der Waals surface area contributed by atoms with Crippen LogP contribution in [0.4, 0.5) is 0 Å². The number of hydrogen-bond acceptors (Lipinski definition) is 8. The van der Waals surface area contributed by atoms with E-state index in [2.05, 4.69) is 0 Å². The summed E-state index contributed by atoms with van der Waals surface area (Å²) < 4.78 is 65.7. The Bertz CT molecular complexity index is 718. The third-order valence-corrected chi connectivity index (χ3v) is 1.84. The number of carbonyl (C=O) groups is 2. The molecule has 0 atom stereocenters. The molecule has 1 aromatic rings. The van der Waals surface area contributed by atoms with Crippen LogP contribution in [0.25, 0.3) is 0 Å². The normalized spacial score (nSPS) is 12.2. The number of ketones is 2. The maximum absolute atomic E-state index is 11.2. The molecule has 10 nitrogen and oxygen atoms in total. The summed E-state index contributed by atoms with van der Waals surface area (Å²) >= 11 is 0. The van der Waals surface area contributed by atoms with Crippen molar-refractivity contribution < 1.29 is 126 Å². The fourth-order valence-corrected chi connectivity index (χ4v) is 1.24. The van der Waals surface area contributed by atoms with Crippen molar-refractivity contribution in [3.8, 4) is 0 Å². The average Bonchev–Trinajstić information content (AvgIpc) is 2.30. The fourth-order valence-electron chi connectivity index (χ4n) is 1.24. The van der Waals surface area contributed by atoms with Gasteiger partial charge in [-0.2, -0.15) is 0 Å². The molecule has 122 valence electrons. The number of rotatable bonds is 0. The minimum absolute atomic E-state index is 0. The molecule has 0 bridgehead atoms. The Morgan fingerprint density at radius 2 is 0.958 bits per heavy atom. The summed E-state index contributed by atoms with van der Waals surface area (Å²) in [5.41, 5.74) is 1.01. The molecule has 0 heterocycles. The van der Waals surface area contributed by atoms with E-state index in [1.807, 2.05) is 0 Å². The second kappa shape index (κ2) is 12.9. The zero-order valence-corrected chi connectivity index (χ0v) is 19.2. The Hall–Kier alpha value is 0.676. The summed E-state index contributed by atoms with van der Waals surface area (Å²) in [4.78, 5) is 22.4. The molecule has 24 heavy (non-hydrogen) atoms. The van der Waals surface area contributed by atoms with Gasteiger partial charge in [-0.1, -0.05) is 24.3 Å². The zero-order chi connectivity index (χ0) is 17.6. The van der Waals surface area contributed by atoms with Crippen LogP contribution in [0.3, 0.4) is 0 Å². The first-order chi connectivity index (χ1) is 9.79. The Kier molecular flexibility index (Phi) is 15.9. The molecule has 0 unspecified atom stereocenters. The van der Waals surface area contributed by atoms with Crippen LogP contribution in [0.5, 0.6) is 0 Å². The summed E-state index contributed by atoms with van der Waals surface area (Å²) in [6, 6.07) is 6.84. The van der Waals surface area contributed by atoms with Crippen molar-refractivity contribution >= 4 is 32.4 Å². The summed E-state index contributed by atoms with van der Waals surface area (Å²) in [7, 11) is -9.83. The SMILES string of the molecule is O=C1C=CC(=O)c2ccccc21.O=S(=O)([O-])O.O=S(=O)([O-])O.[K+].[Na+]. The number of benzene rings is 1. The van der Waals surface area contributed by atoms with Gasteiger partial charge in [-0.15, -0.1) is 0 Å². The first kappa shape index (κ1) is 29.4. The average molecular weight is 414 g/mol. The van der Waals surface area contributed by atoms with E-state index in [9.17, 15) is 9.59 Å². The van der Waals surface area contributed by atoms with E-state index < -0.39 is 20.8 Å². The van der Waals surface area contributed by atoms with Crippen molar-refractivity contribution in [2.45, 2.75) is 0 Å². The molecule has 1 aliphatic rings. The van der Waals surface area contributed by atoms with Gasteiger partial charge in [0.15, 0.2) is 11.6 Å². The first-order valence-electron chi connectivity index (χ1n) is 5.01. The largest absolute Gasteiger partial charge is 1.00 e. The molecule has 0 spiro atoms. The predicted octanol–water partition coefficient (Wildman–Crippen LogP) is -6.36. The second-order valence-corrected chi connectivity index (χ2v) is 5.17. The van der Waals surface area contributed by atoms with Crippen molar-refractivity contribution in [3.05, 3.63) is 47.5 Å². The predicted molar refractivity (Wildman–Crippen MR) is 68.9 cm³/mol. The molecule has 0 aliphatic heterocycles. The summed E-state index contributed by atoms with van der Waals surface area (Å²) in [6.45, 7) is 0. The molecule has 1 aromatic carbocycles. The van der Waals surface area contributed by atoms with Gasteiger partial charge in [0, 0.05) is 11.1 Å². The molecule has 0 saturated carbocycles. The summed E-state index contributed by atoms with van der Waals surface area (Å²) in [6.07, 6.45) is 2.62. The van der Waals surface area contributed by atoms with Crippen molar-refractivity contribution in [2.24, 2.45) is 0 Å². The van der Waals surface area contributed by atoms with Crippen LogP contribution in [-0.4, -0.2) is 46.6 Å². The van der Waals surface area contributed by atoms with Crippen LogP contribution in [-0.2, 0) is 20.8 Å². The minimum Gasteiger partial charge on any atom is -0.726 e. The topological polar surface area (TPSA) is 189 Å². The van der Waals surface area contributed by atoms with Crippen LogP contribution in [0.2, 0.25) is 0 Å². The summed E-state index contributed by atoms with van der Waals surface area (Å²) in [5.74, 6) is -0.185. The van der Waals surface area contributed by atoms with Gasteiger partial charge in [-0.05, 0) is 12.2 Å². The molecule has 0 saturated heterocycles. The van der Waals surface area contributed by atoms with E-state index in [1.165, 1.54) is 12.2 Å². The molecule has 0 radical (unpaired) electrons. The van der Waals surface area contributed by atoms with Gasteiger partial charge in [0.2, 0.25) is 20.8 Å². The molecule has 0 fully saturated rings. The Labute approximate surface area is 202 Å². The smallest absolute Gasteiger partial charge is 0.726 e. The van der Waals surface area contributed by atoms with E-state index in [0.29, 0.717) is 11.1 Å². The van der Waals surface area contributed by atoms with Gasteiger partial charge in [0.05, 0.1) is 0 Å². The van der Waals surface area contributed by atoms with Gasteiger partial charge in [0.25, 0.3) is 0 Å². The number of fused-ring (bicyclic) bond motifs is 1. The number of hydrogen-bond donors (Lipinski definition) is 2. The Morgan fingerprint density at radius 1 is 0.750 bits per heavy atom. The molecule has 2 N–H and O–H groups in total. The van der Waals surface area contributed by atoms with E-state index in [1.54, 1.807) is 24.3 Å². The molecule has 0 amide bonds. The van der Waals surface area contributed by atoms with Gasteiger partial charge >= 0.3 is 80.9 Å². The molecular formula is C10H8KNaO10S2. The van der Waals surface area contributed by atoms with Gasteiger partial charge in [0.1, 0.15) is 0 Å². The van der Waals surface area contributed by atoms with Crippen molar-refractivity contribution in [3.63, 3.8) is 0 Å². The molecular weight excluding hydrogens is 406 g/mol. The van der Waals surface area contributed by atoms with Gasteiger partial charge in [-0.3, -0.25) is 18.7 Å². The maximum Gasteiger partial charge on any atom is 1.00 e. The van der Waals surface area contributed by atoms with Gasteiger partial charge in [-0.25, -0.2) is 16.8 Å². The van der Waals surface area contributed by atoms with E-state index in [0.717, 1.165) is 0 Å². The quantitative estimate of drug-likeness (QED) is 0.235. The molecule has 2 rings (SSSR count). The van der Waals surface area contributed by atoms with Crippen molar-refractivity contribution in [1.29, 1.82) is 0 Å². The summed E-state index contributed by atoms with van der Waals surface area (Å²) in [5, 5.41) is 0. The van der Waals surface area contributed by atoms with Crippen LogP contribution in [0.15, 0.2) is 36.4 Å². The first-order valence-corrected chi connectivity index (χ1v) is 7.74. The van der Waals surface area contributed by atoms with Crippen LogP contribution in [0.1, 0.15) is 20.7 Å². The van der Waals surface area contributed by atoms with E-state index in [-0.39, 0.29) is 92.5 Å².